The molecule has 4 aromatic heterocycles. The summed E-state index contributed by atoms with van der Waals surface area (Å²) in [5.74, 6) is 0. The van der Waals surface area contributed by atoms with Gasteiger partial charge in [0.25, 0.3) is 0 Å². The third-order valence-electron chi connectivity index (χ3n) is 5.06. The molecule has 0 bridgehead atoms. The quantitative estimate of drug-likeness (QED) is 0.456. The van der Waals surface area contributed by atoms with E-state index < -0.39 is 0 Å². The molecule has 0 N–H and O–H groups in total. The van der Waals surface area contributed by atoms with Gasteiger partial charge >= 0.3 is 0 Å². The first-order chi connectivity index (χ1) is 14.1. The first-order valence-corrected chi connectivity index (χ1v) is 9.56. The number of nitrogens with zero attached hydrogens (tertiary/aromatic N) is 7. The van der Waals surface area contributed by atoms with E-state index in [4.69, 9.17) is 16.7 Å². The topological polar surface area (TPSA) is 66.3 Å². The fourth-order valence-corrected chi connectivity index (χ4v) is 3.80. The van der Waals surface area contributed by atoms with E-state index in [1.165, 1.54) is 0 Å². The van der Waals surface area contributed by atoms with Crippen LogP contribution in [0.3, 0.4) is 0 Å². The first kappa shape index (κ1) is 17.6. The van der Waals surface area contributed by atoms with Gasteiger partial charge in [-0.2, -0.15) is 5.10 Å². The van der Waals surface area contributed by atoms with Crippen LogP contribution in [0.1, 0.15) is 5.69 Å². The second kappa shape index (κ2) is 6.86. The molecule has 8 heteroatoms. The van der Waals surface area contributed by atoms with E-state index >= 15 is 0 Å². The lowest BCUT2D eigenvalue weighted by Gasteiger charge is -2.06. The standard InChI is InChI=1S/C21H18ClN7/c1-27-10-6-9-16(27)20-17-18(22)19(14-7-4-3-5-8-14)24-25-21(17)29(26-20)12-15-11-23-13-28(15)2/h3-11,13H,12H2,1-2H3. The number of fused-ring (bicyclic) bond motifs is 1. The van der Waals surface area contributed by atoms with Crippen molar-refractivity contribution in [1.82, 2.24) is 34.1 Å². The van der Waals surface area contributed by atoms with E-state index in [0.29, 0.717) is 22.9 Å². The molecule has 0 aliphatic rings. The van der Waals surface area contributed by atoms with Gasteiger partial charge in [-0.05, 0) is 12.1 Å². The van der Waals surface area contributed by atoms with Crippen LogP contribution in [0.4, 0.5) is 0 Å². The van der Waals surface area contributed by atoms with Crippen molar-refractivity contribution < 1.29 is 0 Å². The molecule has 5 rings (SSSR count). The van der Waals surface area contributed by atoms with Gasteiger partial charge < -0.3 is 9.13 Å². The Labute approximate surface area is 172 Å². The third-order valence-corrected chi connectivity index (χ3v) is 5.43. The maximum Gasteiger partial charge on any atom is 0.183 e. The van der Waals surface area contributed by atoms with E-state index in [1.54, 1.807) is 6.33 Å². The van der Waals surface area contributed by atoms with Crippen molar-refractivity contribution in [3.63, 3.8) is 0 Å². The zero-order valence-electron chi connectivity index (χ0n) is 16.0. The molecule has 0 radical (unpaired) electrons. The van der Waals surface area contributed by atoms with Gasteiger partial charge in [0.1, 0.15) is 11.4 Å². The summed E-state index contributed by atoms with van der Waals surface area (Å²) in [5, 5.41) is 15.2. The number of benzene rings is 1. The molecule has 0 amide bonds. The van der Waals surface area contributed by atoms with E-state index in [-0.39, 0.29) is 0 Å². The third kappa shape index (κ3) is 2.91. The summed E-state index contributed by atoms with van der Waals surface area (Å²) in [6.45, 7) is 0.521. The summed E-state index contributed by atoms with van der Waals surface area (Å²) in [6, 6.07) is 13.8. The van der Waals surface area contributed by atoms with Gasteiger partial charge in [0, 0.05) is 25.9 Å². The van der Waals surface area contributed by atoms with Gasteiger partial charge in [0.15, 0.2) is 5.65 Å². The monoisotopic (exact) mass is 403 g/mol. The highest BCUT2D eigenvalue weighted by molar-refractivity contribution is 6.38. The van der Waals surface area contributed by atoms with Gasteiger partial charge in [-0.15, -0.1) is 10.2 Å². The van der Waals surface area contributed by atoms with E-state index in [1.807, 2.05) is 82.8 Å². The Bertz CT molecular complexity index is 1310. The van der Waals surface area contributed by atoms with Gasteiger partial charge in [0.05, 0.1) is 40.9 Å². The summed E-state index contributed by atoms with van der Waals surface area (Å²) < 4.78 is 5.82. The Morgan fingerprint density at radius 1 is 0.931 bits per heavy atom. The van der Waals surface area contributed by atoms with Gasteiger partial charge in [0.2, 0.25) is 0 Å². The smallest absolute Gasteiger partial charge is 0.183 e. The lowest BCUT2D eigenvalue weighted by molar-refractivity contribution is 0.660. The van der Waals surface area contributed by atoms with E-state index in [0.717, 1.165) is 28.0 Å². The zero-order chi connectivity index (χ0) is 20.0. The van der Waals surface area contributed by atoms with E-state index in [9.17, 15) is 0 Å². The Hall–Kier alpha value is -3.45. The predicted octanol–water partition coefficient (Wildman–Crippen LogP) is 3.93. The van der Waals surface area contributed by atoms with Crippen LogP contribution in [0, 0.1) is 0 Å². The first-order valence-electron chi connectivity index (χ1n) is 9.18. The predicted molar refractivity (Wildman–Crippen MR) is 112 cm³/mol. The summed E-state index contributed by atoms with van der Waals surface area (Å²) in [5.41, 5.74) is 4.98. The number of hydrogen-bond donors (Lipinski definition) is 0. The Morgan fingerprint density at radius 3 is 2.45 bits per heavy atom. The van der Waals surface area contributed by atoms with Crippen molar-refractivity contribution in [1.29, 1.82) is 0 Å². The molecule has 4 heterocycles. The molecule has 0 aliphatic carbocycles. The van der Waals surface area contributed by atoms with E-state index in [2.05, 4.69) is 15.2 Å². The number of aromatic nitrogens is 7. The molecule has 0 aliphatic heterocycles. The molecule has 144 valence electrons. The van der Waals surface area contributed by atoms with Crippen LogP contribution >= 0.6 is 11.6 Å². The van der Waals surface area contributed by atoms with Crippen molar-refractivity contribution in [2.75, 3.05) is 0 Å². The van der Waals surface area contributed by atoms with Gasteiger partial charge in [-0.25, -0.2) is 9.67 Å². The van der Waals surface area contributed by atoms with Crippen LogP contribution in [0.25, 0.3) is 33.7 Å². The second-order valence-electron chi connectivity index (χ2n) is 6.93. The van der Waals surface area contributed by atoms with Crippen molar-refractivity contribution in [3.05, 3.63) is 71.9 Å². The van der Waals surface area contributed by atoms with Crippen LogP contribution in [0.5, 0.6) is 0 Å². The molecule has 0 fully saturated rings. The van der Waals surface area contributed by atoms with Crippen molar-refractivity contribution >= 4 is 22.6 Å². The molecule has 29 heavy (non-hydrogen) atoms. The minimum Gasteiger partial charge on any atom is -0.349 e. The fourth-order valence-electron chi connectivity index (χ4n) is 3.48. The zero-order valence-corrected chi connectivity index (χ0v) is 16.7. The maximum atomic E-state index is 6.89. The highest BCUT2D eigenvalue weighted by atomic mass is 35.5. The molecule has 0 atom stereocenters. The van der Waals surface area contributed by atoms with Crippen LogP contribution in [-0.2, 0) is 20.6 Å². The van der Waals surface area contributed by atoms with Crippen molar-refractivity contribution in [3.8, 4) is 22.6 Å². The largest absolute Gasteiger partial charge is 0.349 e. The van der Waals surface area contributed by atoms with Crippen LogP contribution < -0.4 is 0 Å². The molecule has 0 saturated heterocycles. The summed E-state index contributed by atoms with van der Waals surface area (Å²) >= 11 is 6.89. The summed E-state index contributed by atoms with van der Waals surface area (Å²) in [7, 11) is 3.94. The van der Waals surface area contributed by atoms with Gasteiger partial charge in [-0.3, -0.25) is 0 Å². The number of aryl methyl sites for hydroxylation is 2. The Balaban J connectivity index is 1.77. The summed E-state index contributed by atoms with van der Waals surface area (Å²) in [4.78, 5) is 4.20. The summed E-state index contributed by atoms with van der Waals surface area (Å²) in [6.07, 6.45) is 5.58. The van der Waals surface area contributed by atoms with Crippen LogP contribution in [0.15, 0.2) is 61.2 Å². The number of rotatable bonds is 4. The molecule has 0 unspecified atom stereocenters. The molecular formula is C21H18ClN7. The Morgan fingerprint density at radius 2 is 1.76 bits per heavy atom. The SMILES string of the molecule is Cn1cncc1Cn1nc(-c2cccn2C)c2c(Cl)c(-c3ccccc3)nnc21. The van der Waals surface area contributed by atoms with Crippen LogP contribution in [0.2, 0.25) is 5.02 Å². The number of halogens is 1. The number of imidazole rings is 1. The minimum absolute atomic E-state index is 0.521. The average Bonchev–Trinajstić information content (AvgIpc) is 3.43. The molecule has 0 saturated carbocycles. The second-order valence-corrected chi connectivity index (χ2v) is 7.31. The normalized spacial score (nSPS) is 11.4. The Kier molecular flexibility index (Phi) is 4.17. The van der Waals surface area contributed by atoms with Crippen molar-refractivity contribution in [2.24, 2.45) is 14.1 Å². The highest BCUT2D eigenvalue weighted by Gasteiger charge is 2.22. The lowest BCUT2D eigenvalue weighted by Crippen LogP contribution is -2.07. The highest BCUT2D eigenvalue weighted by Crippen LogP contribution is 2.37. The molecule has 1 aromatic carbocycles. The fraction of sp³-hybridized carbons (Fsp3) is 0.143. The van der Waals surface area contributed by atoms with Crippen LogP contribution in [-0.4, -0.2) is 34.1 Å². The molecule has 5 aromatic rings. The maximum absolute atomic E-state index is 6.89. The minimum atomic E-state index is 0.521. The number of hydrogen-bond acceptors (Lipinski definition) is 4. The van der Waals surface area contributed by atoms with Gasteiger partial charge in [-0.1, -0.05) is 41.9 Å². The molecule has 7 nitrogen and oxygen atoms in total. The molecule has 0 spiro atoms. The van der Waals surface area contributed by atoms with Crippen molar-refractivity contribution in [2.45, 2.75) is 6.54 Å². The average molecular weight is 404 g/mol. The lowest BCUT2D eigenvalue weighted by atomic mass is 10.1. The molecular weight excluding hydrogens is 386 g/mol.